The van der Waals surface area contributed by atoms with Crippen LogP contribution < -0.4 is 10.1 Å². The first kappa shape index (κ1) is 22.1. The molecule has 0 saturated heterocycles. The van der Waals surface area contributed by atoms with Crippen LogP contribution in [-0.4, -0.2) is 38.0 Å². The van der Waals surface area contributed by atoms with Gasteiger partial charge in [-0.15, -0.1) is 16.8 Å². The fourth-order valence-electron chi connectivity index (χ4n) is 2.56. The standard InChI is InChI=1S/C20H19Cl2N5O2S/c1-4-9-27-18(13-5-7-15(29-3)8-6-13)25-26-20(27)30-12(2)19(28)24-17-16(22)10-14(21)11-23-17/h4-8,10-12H,1,9H2,2-3H3,(H,23,24,28). The summed E-state index contributed by atoms with van der Waals surface area (Å²) < 4.78 is 7.10. The molecule has 1 N–H and O–H groups in total. The van der Waals surface area contributed by atoms with Crippen molar-refractivity contribution in [1.29, 1.82) is 0 Å². The largest absolute Gasteiger partial charge is 0.497 e. The molecule has 1 unspecified atom stereocenters. The minimum atomic E-state index is -0.477. The summed E-state index contributed by atoms with van der Waals surface area (Å²) in [6.45, 7) is 6.07. The number of nitrogens with one attached hydrogen (secondary N) is 1. The van der Waals surface area contributed by atoms with Gasteiger partial charge in [-0.3, -0.25) is 9.36 Å². The Kier molecular flexibility index (Phi) is 7.36. The monoisotopic (exact) mass is 463 g/mol. The Bertz CT molecular complexity index is 1060. The lowest BCUT2D eigenvalue weighted by atomic mass is 10.2. The highest BCUT2D eigenvalue weighted by Crippen LogP contribution is 2.29. The molecule has 156 valence electrons. The van der Waals surface area contributed by atoms with Gasteiger partial charge in [-0.05, 0) is 37.3 Å². The van der Waals surface area contributed by atoms with E-state index in [9.17, 15) is 4.79 Å². The van der Waals surface area contributed by atoms with Gasteiger partial charge < -0.3 is 10.1 Å². The number of pyridine rings is 1. The van der Waals surface area contributed by atoms with Gasteiger partial charge >= 0.3 is 0 Å². The molecule has 0 bridgehead atoms. The van der Waals surface area contributed by atoms with Crippen molar-refractivity contribution < 1.29 is 9.53 Å². The maximum Gasteiger partial charge on any atom is 0.238 e. The number of ether oxygens (including phenoxy) is 1. The molecule has 3 aromatic rings. The molecule has 1 aromatic carbocycles. The van der Waals surface area contributed by atoms with E-state index in [2.05, 4.69) is 27.1 Å². The summed E-state index contributed by atoms with van der Waals surface area (Å²) in [5, 5.41) is 12.1. The lowest BCUT2D eigenvalue weighted by Gasteiger charge is -2.13. The van der Waals surface area contributed by atoms with E-state index in [0.29, 0.717) is 22.5 Å². The van der Waals surface area contributed by atoms with Crippen molar-refractivity contribution in [3.8, 4) is 17.1 Å². The third-order valence-corrected chi connectivity index (χ3v) is 5.65. The molecule has 10 heteroatoms. The number of methoxy groups -OCH3 is 1. The van der Waals surface area contributed by atoms with Crippen molar-refractivity contribution in [3.05, 3.63) is 59.2 Å². The second-order valence-corrected chi connectivity index (χ2v) is 8.32. The van der Waals surface area contributed by atoms with Crippen LogP contribution in [0.25, 0.3) is 11.4 Å². The minimum Gasteiger partial charge on any atom is -0.497 e. The average molecular weight is 464 g/mol. The van der Waals surface area contributed by atoms with Crippen molar-refractivity contribution in [2.45, 2.75) is 23.9 Å². The van der Waals surface area contributed by atoms with E-state index in [1.54, 1.807) is 20.1 Å². The lowest BCUT2D eigenvalue weighted by Crippen LogP contribution is -2.23. The number of rotatable bonds is 8. The van der Waals surface area contributed by atoms with Gasteiger partial charge in [0.05, 0.1) is 22.4 Å². The molecule has 2 heterocycles. The molecule has 1 amide bonds. The van der Waals surface area contributed by atoms with Crippen LogP contribution in [0.2, 0.25) is 10.0 Å². The third-order valence-electron chi connectivity index (χ3n) is 4.08. The van der Waals surface area contributed by atoms with Crippen molar-refractivity contribution in [2.24, 2.45) is 0 Å². The number of anilines is 1. The number of halogens is 2. The highest BCUT2D eigenvalue weighted by Gasteiger charge is 2.21. The quantitative estimate of drug-likeness (QED) is 0.375. The van der Waals surface area contributed by atoms with Gasteiger partial charge in [-0.2, -0.15) is 0 Å². The zero-order chi connectivity index (χ0) is 21.7. The fourth-order valence-corrected chi connectivity index (χ4v) is 3.85. The van der Waals surface area contributed by atoms with E-state index in [4.69, 9.17) is 27.9 Å². The molecule has 0 aliphatic rings. The van der Waals surface area contributed by atoms with Crippen LogP contribution in [0.15, 0.2) is 54.3 Å². The SMILES string of the molecule is C=CCn1c(SC(C)C(=O)Nc2ncc(Cl)cc2Cl)nnc1-c1ccc(OC)cc1. The van der Waals surface area contributed by atoms with Crippen molar-refractivity contribution in [2.75, 3.05) is 12.4 Å². The first-order valence-electron chi connectivity index (χ1n) is 8.90. The van der Waals surface area contributed by atoms with E-state index in [0.717, 1.165) is 11.3 Å². The van der Waals surface area contributed by atoms with Crippen LogP contribution in [0.3, 0.4) is 0 Å². The Morgan fingerprint density at radius 1 is 1.33 bits per heavy atom. The predicted octanol–water partition coefficient (Wildman–Crippen LogP) is 4.96. The van der Waals surface area contributed by atoms with Crippen LogP contribution >= 0.6 is 35.0 Å². The molecule has 0 radical (unpaired) electrons. The number of hydrogen-bond donors (Lipinski definition) is 1. The molecular weight excluding hydrogens is 445 g/mol. The molecule has 2 aromatic heterocycles. The van der Waals surface area contributed by atoms with Gasteiger partial charge in [0.1, 0.15) is 5.75 Å². The van der Waals surface area contributed by atoms with Crippen molar-refractivity contribution in [1.82, 2.24) is 19.7 Å². The van der Waals surface area contributed by atoms with E-state index in [1.807, 2.05) is 28.8 Å². The molecule has 0 aliphatic heterocycles. The average Bonchev–Trinajstić information content (AvgIpc) is 3.12. The first-order valence-corrected chi connectivity index (χ1v) is 10.5. The third kappa shape index (κ3) is 5.13. The Morgan fingerprint density at radius 2 is 2.07 bits per heavy atom. The van der Waals surface area contributed by atoms with E-state index in [1.165, 1.54) is 24.0 Å². The molecule has 30 heavy (non-hydrogen) atoms. The zero-order valence-corrected chi connectivity index (χ0v) is 18.6. The molecule has 7 nitrogen and oxygen atoms in total. The van der Waals surface area contributed by atoms with Gasteiger partial charge in [-0.25, -0.2) is 4.98 Å². The maximum atomic E-state index is 12.6. The summed E-state index contributed by atoms with van der Waals surface area (Å²) in [5.41, 5.74) is 0.881. The minimum absolute atomic E-state index is 0.255. The second kappa shape index (κ2) is 9.97. The number of aromatic nitrogens is 4. The Hall–Kier alpha value is -2.55. The molecular formula is C20H19Cl2N5O2S. The molecule has 1 atom stereocenters. The van der Waals surface area contributed by atoms with Crippen LogP contribution in [0, 0.1) is 0 Å². The summed E-state index contributed by atoms with van der Waals surface area (Å²) in [4.78, 5) is 16.7. The van der Waals surface area contributed by atoms with E-state index >= 15 is 0 Å². The summed E-state index contributed by atoms with van der Waals surface area (Å²) in [6, 6.07) is 9.04. The van der Waals surface area contributed by atoms with Gasteiger partial charge in [-0.1, -0.05) is 41.0 Å². The topological polar surface area (TPSA) is 81.9 Å². The van der Waals surface area contributed by atoms with Gasteiger partial charge in [0.15, 0.2) is 16.8 Å². The lowest BCUT2D eigenvalue weighted by molar-refractivity contribution is -0.115. The smallest absolute Gasteiger partial charge is 0.238 e. The highest BCUT2D eigenvalue weighted by molar-refractivity contribution is 8.00. The normalized spacial score (nSPS) is 11.7. The molecule has 3 rings (SSSR count). The number of carbonyl (C=O) groups is 1. The summed E-state index contributed by atoms with van der Waals surface area (Å²) in [5.74, 6) is 1.42. The van der Waals surface area contributed by atoms with Crippen LogP contribution in [0.1, 0.15) is 6.92 Å². The number of thioether (sulfide) groups is 1. The Morgan fingerprint density at radius 3 is 2.70 bits per heavy atom. The van der Waals surface area contributed by atoms with Gasteiger partial charge in [0, 0.05) is 18.3 Å². The van der Waals surface area contributed by atoms with Gasteiger partial charge in [0.2, 0.25) is 5.91 Å². The number of hydrogen-bond acceptors (Lipinski definition) is 6. The second-order valence-electron chi connectivity index (χ2n) is 6.17. The van der Waals surface area contributed by atoms with E-state index < -0.39 is 5.25 Å². The zero-order valence-electron chi connectivity index (χ0n) is 16.3. The van der Waals surface area contributed by atoms with E-state index in [-0.39, 0.29) is 16.7 Å². The molecule has 0 aliphatic carbocycles. The number of amides is 1. The predicted molar refractivity (Wildman–Crippen MR) is 120 cm³/mol. The van der Waals surface area contributed by atoms with Gasteiger partial charge in [0.25, 0.3) is 0 Å². The number of benzene rings is 1. The fraction of sp³-hybridized carbons (Fsp3) is 0.200. The molecule has 0 saturated carbocycles. The van der Waals surface area contributed by atoms with Crippen molar-refractivity contribution in [3.63, 3.8) is 0 Å². The van der Waals surface area contributed by atoms with Crippen molar-refractivity contribution >= 4 is 46.7 Å². The first-order chi connectivity index (χ1) is 14.4. The highest BCUT2D eigenvalue weighted by atomic mass is 35.5. The number of carbonyl (C=O) groups excluding carboxylic acids is 1. The van der Waals surface area contributed by atoms with Crippen LogP contribution in [0.5, 0.6) is 5.75 Å². The molecule has 0 spiro atoms. The summed E-state index contributed by atoms with van der Waals surface area (Å²) in [6.07, 6.45) is 3.17. The Balaban J connectivity index is 1.78. The number of nitrogens with zero attached hydrogens (tertiary/aromatic N) is 4. The van der Waals surface area contributed by atoms with Crippen LogP contribution in [0.4, 0.5) is 5.82 Å². The Labute approximate surface area is 188 Å². The maximum absolute atomic E-state index is 12.6. The number of allylic oxidation sites excluding steroid dienone is 1. The molecule has 0 fully saturated rings. The summed E-state index contributed by atoms with van der Waals surface area (Å²) >= 11 is 13.2. The summed E-state index contributed by atoms with van der Waals surface area (Å²) in [7, 11) is 1.61. The van der Waals surface area contributed by atoms with Crippen LogP contribution in [-0.2, 0) is 11.3 Å².